The number of nitrogens with zero attached hydrogens (tertiary/aromatic N) is 2. The Morgan fingerprint density at radius 1 is 1.03 bits per heavy atom. The molecule has 0 aliphatic carbocycles. The van der Waals surface area contributed by atoms with Gasteiger partial charge in [-0.25, -0.2) is 0 Å². The second-order valence-corrected chi connectivity index (χ2v) is 8.40. The third kappa shape index (κ3) is 3.93. The molecule has 1 aromatic heterocycles. The van der Waals surface area contributed by atoms with Crippen LogP contribution in [0.3, 0.4) is 0 Å². The van der Waals surface area contributed by atoms with E-state index in [4.69, 9.17) is 4.74 Å². The largest absolute Gasteiger partial charge is 0.377 e. The normalized spacial score (nSPS) is 21.8. The van der Waals surface area contributed by atoms with Gasteiger partial charge in [-0.2, -0.15) is 0 Å². The highest BCUT2D eigenvalue weighted by molar-refractivity contribution is 6.10. The summed E-state index contributed by atoms with van der Waals surface area (Å²) in [5.41, 5.74) is 2.86. The van der Waals surface area contributed by atoms with E-state index in [-0.39, 0.29) is 11.8 Å². The van der Waals surface area contributed by atoms with Crippen molar-refractivity contribution in [2.24, 2.45) is 0 Å². The second kappa shape index (κ2) is 8.72. The number of fused-ring (bicyclic) bond motifs is 1. The number of ether oxygens (including phenoxy) is 1. The number of aromatic nitrogens is 1. The summed E-state index contributed by atoms with van der Waals surface area (Å²) in [6.45, 7) is 5.65. The number of rotatable bonds is 6. The van der Waals surface area contributed by atoms with Gasteiger partial charge in [-0.15, -0.1) is 0 Å². The van der Waals surface area contributed by atoms with Gasteiger partial charge in [0.05, 0.1) is 12.1 Å². The van der Waals surface area contributed by atoms with Gasteiger partial charge in [0.25, 0.3) is 0 Å². The molecule has 2 atom stereocenters. The average molecular weight is 404 g/mol. The number of benzene rings is 2. The first-order valence-electron chi connectivity index (χ1n) is 11.0. The van der Waals surface area contributed by atoms with Crippen molar-refractivity contribution in [2.45, 2.75) is 25.0 Å². The molecule has 1 N–H and O–H groups in total. The molecule has 5 nitrogen and oxygen atoms in total. The summed E-state index contributed by atoms with van der Waals surface area (Å²) in [5, 5.41) is 1.00. The molecule has 30 heavy (non-hydrogen) atoms. The van der Waals surface area contributed by atoms with Gasteiger partial charge in [0, 0.05) is 62.0 Å². The molecule has 2 aliphatic rings. The van der Waals surface area contributed by atoms with Gasteiger partial charge in [0.1, 0.15) is 0 Å². The monoisotopic (exact) mass is 403 g/mol. The van der Waals surface area contributed by atoms with Crippen molar-refractivity contribution in [3.63, 3.8) is 0 Å². The number of hydrogen-bond acceptors (Lipinski definition) is 4. The standard InChI is InChI=1S/C25H29N3O2/c29-25(22-17-26-23-11-5-4-10-21(22)23)24(19-7-2-1-3-8-19)28-14-12-27(13-15-28)18-20-9-6-16-30-20/h1-5,7-8,10-11,17,20,24,26H,6,9,12-16,18H2. The first-order chi connectivity index (χ1) is 14.8. The third-order valence-corrected chi connectivity index (χ3v) is 6.48. The molecular weight excluding hydrogens is 374 g/mol. The second-order valence-electron chi connectivity index (χ2n) is 8.40. The molecule has 5 heteroatoms. The molecule has 0 radical (unpaired) electrons. The molecule has 0 amide bonds. The topological polar surface area (TPSA) is 48.6 Å². The summed E-state index contributed by atoms with van der Waals surface area (Å²) in [4.78, 5) is 21.9. The van der Waals surface area contributed by atoms with E-state index in [1.165, 1.54) is 12.8 Å². The van der Waals surface area contributed by atoms with Crippen molar-refractivity contribution in [2.75, 3.05) is 39.3 Å². The fraction of sp³-hybridized carbons (Fsp3) is 0.400. The quantitative estimate of drug-likeness (QED) is 0.635. The van der Waals surface area contributed by atoms with Gasteiger partial charge >= 0.3 is 0 Å². The molecule has 2 saturated heterocycles. The summed E-state index contributed by atoms with van der Waals surface area (Å²) < 4.78 is 5.81. The number of carbonyl (C=O) groups is 1. The zero-order valence-electron chi connectivity index (χ0n) is 17.3. The zero-order chi connectivity index (χ0) is 20.3. The van der Waals surface area contributed by atoms with E-state index in [9.17, 15) is 4.79 Å². The summed E-state index contributed by atoms with van der Waals surface area (Å²) in [7, 11) is 0. The first kappa shape index (κ1) is 19.5. The predicted molar refractivity (Wildman–Crippen MR) is 119 cm³/mol. The molecule has 2 fully saturated rings. The summed E-state index contributed by atoms with van der Waals surface area (Å²) in [6.07, 6.45) is 4.61. The molecule has 5 rings (SSSR count). The maximum absolute atomic E-state index is 13.8. The van der Waals surface area contributed by atoms with Gasteiger partial charge in [-0.05, 0) is 24.5 Å². The van der Waals surface area contributed by atoms with Crippen LogP contribution in [0.1, 0.15) is 34.8 Å². The van der Waals surface area contributed by atoms with Crippen molar-refractivity contribution in [1.29, 1.82) is 0 Å². The van der Waals surface area contributed by atoms with Crippen LogP contribution in [-0.4, -0.2) is 66.0 Å². The number of nitrogens with one attached hydrogen (secondary N) is 1. The summed E-state index contributed by atoms with van der Waals surface area (Å²) >= 11 is 0. The number of carbonyl (C=O) groups excluding carboxylic acids is 1. The van der Waals surface area contributed by atoms with E-state index in [1.54, 1.807) is 0 Å². The molecule has 2 aromatic carbocycles. The van der Waals surface area contributed by atoms with Crippen LogP contribution in [0.5, 0.6) is 0 Å². The summed E-state index contributed by atoms with van der Waals surface area (Å²) in [6, 6.07) is 18.0. The Kier molecular flexibility index (Phi) is 5.67. The SMILES string of the molecule is O=C(c1c[nH]c2ccccc12)C(c1ccccc1)N1CCN(CC2CCCO2)CC1. The van der Waals surface area contributed by atoms with E-state index >= 15 is 0 Å². The van der Waals surface area contributed by atoms with Crippen molar-refractivity contribution in [3.05, 3.63) is 71.9 Å². The van der Waals surface area contributed by atoms with Crippen LogP contribution < -0.4 is 0 Å². The van der Waals surface area contributed by atoms with Gasteiger partial charge in [0.15, 0.2) is 5.78 Å². The highest BCUT2D eigenvalue weighted by Crippen LogP contribution is 2.30. The molecule has 2 aliphatic heterocycles. The van der Waals surface area contributed by atoms with Gasteiger partial charge in [0.2, 0.25) is 0 Å². The molecule has 2 unspecified atom stereocenters. The van der Waals surface area contributed by atoms with E-state index in [0.29, 0.717) is 6.10 Å². The number of aromatic amines is 1. The number of Topliss-reactive ketones (excluding diaryl/α,β-unsaturated/α-hetero) is 1. The molecule has 3 aromatic rings. The Labute approximate surface area is 177 Å². The van der Waals surface area contributed by atoms with Crippen molar-refractivity contribution < 1.29 is 9.53 Å². The minimum Gasteiger partial charge on any atom is -0.377 e. The van der Waals surface area contributed by atoms with E-state index < -0.39 is 0 Å². The minimum absolute atomic E-state index is 0.172. The highest BCUT2D eigenvalue weighted by atomic mass is 16.5. The Balaban J connectivity index is 1.37. The van der Waals surface area contributed by atoms with Crippen LogP contribution in [-0.2, 0) is 4.74 Å². The number of piperazine rings is 1. The van der Waals surface area contributed by atoms with Crippen LogP contribution in [0.4, 0.5) is 0 Å². The fourth-order valence-corrected chi connectivity index (χ4v) is 4.87. The predicted octanol–water partition coefficient (Wildman–Crippen LogP) is 3.89. The number of H-pyrrole nitrogens is 1. The van der Waals surface area contributed by atoms with E-state index in [0.717, 1.165) is 61.4 Å². The lowest BCUT2D eigenvalue weighted by atomic mass is 9.95. The summed E-state index contributed by atoms with van der Waals surface area (Å²) in [5.74, 6) is 0.172. The molecule has 0 saturated carbocycles. The fourth-order valence-electron chi connectivity index (χ4n) is 4.87. The number of ketones is 1. The number of para-hydroxylation sites is 1. The van der Waals surface area contributed by atoms with Crippen LogP contribution in [0, 0.1) is 0 Å². The Bertz CT molecular complexity index is 986. The molecule has 3 heterocycles. The molecule has 0 bridgehead atoms. The van der Waals surface area contributed by atoms with Crippen molar-refractivity contribution in [3.8, 4) is 0 Å². The van der Waals surface area contributed by atoms with Gasteiger partial charge < -0.3 is 9.72 Å². The Morgan fingerprint density at radius 2 is 1.80 bits per heavy atom. The van der Waals surface area contributed by atoms with E-state index in [1.807, 2.05) is 48.7 Å². The lowest BCUT2D eigenvalue weighted by Crippen LogP contribution is -2.50. The van der Waals surface area contributed by atoms with Crippen LogP contribution >= 0.6 is 0 Å². The Morgan fingerprint density at radius 3 is 2.57 bits per heavy atom. The lowest BCUT2D eigenvalue weighted by molar-refractivity contribution is 0.0378. The third-order valence-electron chi connectivity index (χ3n) is 6.48. The van der Waals surface area contributed by atoms with E-state index in [2.05, 4.69) is 26.9 Å². The highest BCUT2D eigenvalue weighted by Gasteiger charge is 2.33. The van der Waals surface area contributed by atoms with Gasteiger partial charge in [-0.3, -0.25) is 14.6 Å². The van der Waals surface area contributed by atoms with Crippen LogP contribution in [0.15, 0.2) is 60.8 Å². The first-order valence-corrected chi connectivity index (χ1v) is 11.0. The lowest BCUT2D eigenvalue weighted by Gasteiger charge is -2.39. The Hall–Kier alpha value is -2.47. The average Bonchev–Trinajstić information content (AvgIpc) is 3.46. The van der Waals surface area contributed by atoms with Crippen molar-refractivity contribution >= 4 is 16.7 Å². The van der Waals surface area contributed by atoms with Crippen LogP contribution in [0.2, 0.25) is 0 Å². The smallest absolute Gasteiger partial charge is 0.186 e. The van der Waals surface area contributed by atoms with Crippen molar-refractivity contribution in [1.82, 2.24) is 14.8 Å². The maximum atomic E-state index is 13.8. The molecular formula is C25H29N3O2. The number of hydrogen-bond donors (Lipinski definition) is 1. The maximum Gasteiger partial charge on any atom is 0.186 e. The minimum atomic E-state index is -0.254. The van der Waals surface area contributed by atoms with Gasteiger partial charge in [-0.1, -0.05) is 48.5 Å². The zero-order valence-corrected chi connectivity index (χ0v) is 17.3. The van der Waals surface area contributed by atoms with Crippen LogP contribution in [0.25, 0.3) is 10.9 Å². The molecule has 156 valence electrons. The molecule has 0 spiro atoms.